The van der Waals surface area contributed by atoms with Crippen molar-refractivity contribution in [2.45, 2.75) is 6.92 Å². The number of aromatic nitrogens is 1. The van der Waals surface area contributed by atoms with Crippen LogP contribution in [0.3, 0.4) is 0 Å². The van der Waals surface area contributed by atoms with Gasteiger partial charge in [-0.3, -0.25) is 20.2 Å². The van der Waals surface area contributed by atoms with E-state index in [-0.39, 0.29) is 11.3 Å². The van der Waals surface area contributed by atoms with Crippen molar-refractivity contribution in [2.24, 2.45) is 0 Å². The molecule has 19 heavy (non-hydrogen) atoms. The molecule has 8 heteroatoms. The van der Waals surface area contributed by atoms with Crippen molar-refractivity contribution in [3.05, 3.63) is 49.4 Å². The molecule has 1 aromatic heterocycles. The molecule has 0 atom stereocenters. The molecule has 2 aromatic rings. The summed E-state index contributed by atoms with van der Waals surface area (Å²) in [4.78, 5) is 26.2. The second kappa shape index (κ2) is 5.45. The molecule has 0 aliphatic heterocycles. The number of nitro benzene ring substituents is 1. The molecule has 0 radical (unpaired) electrons. The number of nitrogens with one attached hydrogen (secondary N) is 1. The summed E-state index contributed by atoms with van der Waals surface area (Å²) >= 11 is 4.50. The third-order valence-electron chi connectivity index (χ3n) is 2.23. The number of amides is 1. The van der Waals surface area contributed by atoms with Crippen LogP contribution in [0.5, 0.6) is 0 Å². The van der Waals surface area contributed by atoms with E-state index in [2.05, 4.69) is 26.2 Å². The van der Waals surface area contributed by atoms with Gasteiger partial charge in [0.25, 0.3) is 11.6 Å². The Morgan fingerprint density at radius 2 is 2.21 bits per heavy atom. The van der Waals surface area contributed by atoms with Gasteiger partial charge < -0.3 is 0 Å². The van der Waals surface area contributed by atoms with Crippen LogP contribution in [0.4, 0.5) is 10.8 Å². The maximum Gasteiger partial charge on any atom is 0.270 e. The summed E-state index contributed by atoms with van der Waals surface area (Å²) in [5, 5.41) is 13.8. The Bertz CT molecular complexity index is 656. The zero-order valence-corrected chi connectivity index (χ0v) is 12.1. The van der Waals surface area contributed by atoms with Crippen LogP contribution >= 0.6 is 27.3 Å². The first-order valence-electron chi connectivity index (χ1n) is 5.14. The zero-order valence-electron chi connectivity index (χ0n) is 9.71. The van der Waals surface area contributed by atoms with Crippen molar-refractivity contribution < 1.29 is 9.72 Å². The monoisotopic (exact) mass is 341 g/mol. The third kappa shape index (κ3) is 3.36. The first kappa shape index (κ1) is 13.6. The first-order valence-corrected chi connectivity index (χ1v) is 6.75. The fraction of sp³-hybridized carbons (Fsp3) is 0.0909. The normalized spacial score (nSPS) is 10.2. The van der Waals surface area contributed by atoms with E-state index in [1.165, 1.54) is 23.5 Å². The number of anilines is 1. The summed E-state index contributed by atoms with van der Waals surface area (Å²) in [6.45, 7) is 1.70. The standard InChI is InChI=1S/C11H8BrN3O3S/c1-6-2-7(4-8(3-6)15(17)18)10(16)14-11-13-5-9(12)19-11/h2-5H,1H3,(H,13,14,16). The molecule has 0 aliphatic carbocycles. The second-order valence-electron chi connectivity index (χ2n) is 3.74. The van der Waals surface area contributed by atoms with Gasteiger partial charge in [-0.15, -0.1) is 0 Å². The van der Waals surface area contributed by atoms with Gasteiger partial charge in [-0.25, -0.2) is 4.98 Å². The van der Waals surface area contributed by atoms with Gasteiger partial charge in [-0.2, -0.15) is 0 Å². The van der Waals surface area contributed by atoms with Crippen LogP contribution in [0, 0.1) is 17.0 Å². The van der Waals surface area contributed by atoms with Gasteiger partial charge in [0.2, 0.25) is 0 Å². The van der Waals surface area contributed by atoms with E-state index in [1.807, 2.05) is 0 Å². The molecule has 98 valence electrons. The molecule has 6 nitrogen and oxygen atoms in total. The largest absolute Gasteiger partial charge is 0.298 e. The number of thiazole rings is 1. The summed E-state index contributed by atoms with van der Waals surface area (Å²) in [5.74, 6) is -0.423. The Morgan fingerprint density at radius 3 is 2.79 bits per heavy atom. The number of nitrogens with zero attached hydrogens (tertiary/aromatic N) is 2. The van der Waals surface area contributed by atoms with Crippen LogP contribution in [-0.2, 0) is 0 Å². The predicted molar refractivity (Wildman–Crippen MR) is 75.6 cm³/mol. The van der Waals surface area contributed by atoms with Crippen molar-refractivity contribution in [3.8, 4) is 0 Å². The first-order chi connectivity index (χ1) is 8.95. The summed E-state index contributed by atoms with van der Waals surface area (Å²) in [6, 6.07) is 4.24. The summed E-state index contributed by atoms with van der Waals surface area (Å²) in [5.41, 5.74) is 0.781. The average Bonchev–Trinajstić information content (AvgIpc) is 2.73. The van der Waals surface area contributed by atoms with E-state index in [0.29, 0.717) is 10.7 Å². The summed E-state index contributed by atoms with van der Waals surface area (Å²) in [7, 11) is 0. The minimum atomic E-state index is -0.524. The molecule has 1 N–H and O–H groups in total. The second-order valence-corrected chi connectivity index (χ2v) is 6.15. The van der Waals surface area contributed by atoms with E-state index in [1.54, 1.807) is 19.2 Å². The van der Waals surface area contributed by atoms with Crippen molar-refractivity contribution in [3.63, 3.8) is 0 Å². The van der Waals surface area contributed by atoms with Crippen LogP contribution in [0.2, 0.25) is 0 Å². The lowest BCUT2D eigenvalue weighted by Crippen LogP contribution is -2.12. The lowest BCUT2D eigenvalue weighted by molar-refractivity contribution is -0.384. The highest BCUT2D eigenvalue weighted by molar-refractivity contribution is 9.11. The Kier molecular flexibility index (Phi) is 3.91. The van der Waals surface area contributed by atoms with Gasteiger partial charge in [-0.05, 0) is 34.5 Å². The minimum Gasteiger partial charge on any atom is -0.298 e. The lowest BCUT2D eigenvalue weighted by Gasteiger charge is -2.03. The molecule has 1 heterocycles. The van der Waals surface area contributed by atoms with Gasteiger partial charge in [0.05, 0.1) is 14.9 Å². The number of non-ortho nitro benzene ring substituents is 1. The number of hydrogen-bond acceptors (Lipinski definition) is 5. The number of aryl methyl sites for hydroxylation is 1. The maximum absolute atomic E-state index is 12.0. The minimum absolute atomic E-state index is 0.106. The van der Waals surface area contributed by atoms with E-state index in [4.69, 9.17) is 0 Å². The van der Waals surface area contributed by atoms with Crippen molar-refractivity contribution in [2.75, 3.05) is 5.32 Å². The summed E-state index contributed by atoms with van der Waals surface area (Å²) < 4.78 is 0.790. The molecular formula is C11H8BrN3O3S. The van der Waals surface area contributed by atoms with Crippen LogP contribution < -0.4 is 5.32 Å². The lowest BCUT2D eigenvalue weighted by atomic mass is 10.1. The molecule has 0 saturated heterocycles. The SMILES string of the molecule is Cc1cc(C(=O)Nc2ncc(Br)s2)cc([N+](=O)[O-])c1. The average molecular weight is 342 g/mol. The highest BCUT2D eigenvalue weighted by Gasteiger charge is 2.14. The molecule has 0 spiro atoms. The molecular weight excluding hydrogens is 334 g/mol. The number of halogens is 1. The van der Waals surface area contributed by atoms with Gasteiger partial charge in [-0.1, -0.05) is 11.3 Å². The van der Waals surface area contributed by atoms with Crippen LogP contribution in [0.25, 0.3) is 0 Å². The van der Waals surface area contributed by atoms with E-state index < -0.39 is 10.8 Å². The van der Waals surface area contributed by atoms with Crippen LogP contribution in [0.15, 0.2) is 28.2 Å². The highest BCUT2D eigenvalue weighted by Crippen LogP contribution is 2.24. The molecule has 0 fully saturated rings. The predicted octanol–water partition coefficient (Wildman–Crippen LogP) is 3.37. The third-order valence-corrected chi connectivity index (χ3v) is 3.62. The molecule has 0 bridgehead atoms. The van der Waals surface area contributed by atoms with Crippen LogP contribution in [0.1, 0.15) is 15.9 Å². The molecule has 2 rings (SSSR count). The van der Waals surface area contributed by atoms with Crippen molar-refractivity contribution in [1.29, 1.82) is 0 Å². The number of carbonyl (C=O) groups is 1. The molecule has 0 saturated carbocycles. The number of benzene rings is 1. The quantitative estimate of drug-likeness (QED) is 0.684. The van der Waals surface area contributed by atoms with E-state index >= 15 is 0 Å². The van der Waals surface area contributed by atoms with E-state index in [0.717, 1.165) is 3.79 Å². The van der Waals surface area contributed by atoms with Crippen molar-refractivity contribution in [1.82, 2.24) is 4.98 Å². The Balaban J connectivity index is 2.26. The Labute approximate surface area is 120 Å². The maximum atomic E-state index is 12.0. The van der Waals surface area contributed by atoms with Gasteiger partial charge >= 0.3 is 0 Å². The Morgan fingerprint density at radius 1 is 1.47 bits per heavy atom. The molecule has 0 unspecified atom stereocenters. The number of hydrogen-bond donors (Lipinski definition) is 1. The number of carbonyl (C=O) groups excluding carboxylic acids is 1. The molecule has 1 amide bonds. The van der Waals surface area contributed by atoms with Gasteiger partial charge in [0.1, 0.15) is 0 Å². The fourth-order valence-corrected chi connectivity index (χ4v) is 2.58. The van der Waals surface area contributed by atoms with Gasteiger partial charge in [0, 0.05) is 17.7 Å². The molecule has 1 aromatic carbocycles. The zero-order chi connectivity index (χ0) is 14.0. The number of rotatable bonds is 3. The molecule has 0 aliphatic rings. The Hall–Kier alpha value is -1.80. The number of nitro groups is 1. The topological polar surface area (TPSA) is 85.1 Å². The summed E-state index contributed by atoms with van der Waals surface area (Å²) in [6.07, 6.45) is 1.57. The van der Waals surface area contributed by atoms with Crippen molar-refractivity contribution >= 4 is 44.0 Å². The smallest absolute Gasteiger partial charge is 0.270 e. The van der Waals surface area contributed by atoms with Gasteiger partial charge in [0.15, 0.2) is 5.13 Å². The van der Waals surface area contributed by atoms with Crippen LogP contribution in [-0.4, -0.2) is 15.8 Å². The fourth-order valence-electron chi connectivity index (χ4n) is 1.48. The van der Waals surface area contributed by atoms with E-state index in [9.17, 15) is 14.9 Å². The highest BCUT2D eigenvalue weighted by atomic mass is 79.9.